The van der Waals surface area contributed by atoms with Gasteiger partial charge in [-0.3, -0.25) is 8.37 Å². The Hall–Kier alpha value is -2.76. The Labute approximate surface area is 201 Å². The first-order valence-corrected chi connectivity index (χ1v) is 12.1. The van der Waals surface area contributed by atoms with Crippen LogP contribution in [0.1, 0.15) is 45.1 Å². The summed E-state index contributed by atoms with van der Waals surface area (Å²) in [5, 5.41) is 9.55. The molecule has 2 saturated heterocycles. The van der Waals surface area contributed by atoms with Gasteiger partial charge in [-0.05, 0) is 23.1 Å². The van der Waals surface area contributed by atoms with Crippen molar-refractivity contribution in [2.75, 3.05) is 19.8 Å². The standard InChI is InChI=1S/C23H29N3O7S/c1-23(2,3)19-10-18(8-9-26(19)22(27)28)33-21-11-20(24-14-25-21)32-17-6-4-15(5-7-17)16-12-30-34(29)31-13-16/h4-7,11,14,16,18-19H,8-10,12-13H2,1-3H3,(H,27,28)/t16?,18-,19+,34?/m1/s1. The number of likely N-dealkylation sites (tertiary alicyclic amines) is 1. The number of amides is 1. The molecule has 2 atom stereocenters. The highest BCUT2D eigenvalue weighted by molar-refractivity contribution is 7.75. The van der Waals surface area contributed by atoms with Crippen LogP contribution in [0.2, 0.25) is 0 Å². The largest absolute Gasteiger partial charge is 0.474 e. The fraction of sp³-hybridized carbons (Fsp3) is 0.522. The molecule has 4 rings (SSSR count). The molecule has 0 unspecified atom stereocenters. The molecule has 34 heavy (non-hydrogen) atoms. The van der Waals surface area contributed by atoms with Crippen LogP contribution in [0, 0.1) is 5.41 Å². The molecule has 0 aliphatic carbocycles. The molecule has 1 amide bonds. The number of hydrogen-bond acceptors (Lipinski definition) is 8. The Kier molecular flexibility index (Phi) is 7.34. The highest BCUT2D eigenvalue weighted by Crippen LogP contribution is 2.34. The summed E-state index contributed by atoms with van der Waals surface area (Å²) in [4.78, 5) is 21.5. The summed E-state index contributed by atoms with van der Waals surface area (Å²) in [6.07, 6.45) is 1.49. The molecule has 0 saturated carbocycles. The smallest absolute Gasteiger partial charge is 0.407 e. The van der Waals surface area contributed by atoms with Crippen LogP contribution >= 0.6 is 0 Å². The molecule has 2 aliphatic heterocycles. The summed E-state index contributed by atoms with van der Waals surface area (Å²) in [6.45, 7) is 7.19. The van der Waals surface area contributed by atoms with Gasteiger partial charge in [0.1, 0.15) is 18.2 Å². The average molecular weight is 492 g/mol. The lowest BCUT2D eigenvalue weighted by atomic mass is 9.80. The maximum atomic E-state index is 11.6. The van der Waals surface area contributed by atoms with Gasteiger partial charge in [-0.15, -0.1) is 0 Å². The predicted octanol–water partition coefficient (Wildman–Crippen LogP) is 3.91. The molecule has 0 radical (unpaired) electrons. The predicted molar refractivity (Wildman–Crippen MR) is 123 cm³/mol. The Morgan fingerprint density at radius 3 is 2.47 bits per heavy atom. The van der Waals surface area contributed by atoms with Crippen molar-refractivity contribution >= 4 is 17.5 Å². The van der Waals surface area contributed by atoms with Crippen LogP contribution in [0.5, 0.6) is 17.5 Å². The first-order chi connectivity index (χ1) is 16.2. The second-order valence-electron chi connectivity index (χ2n) is 9.46. The van der Waals surface area contributed by atoms with E-state index >= 15 is 0 Å². The molecule has 0 spiro atoms. The lowest BCUT2D eigenvalue weighted by Crippen LogP contribution is -2.53. The molecule has 3 heterocycles. The van der Waals surface area contributed by atoms with E-state index in [9.17, 15) is 14.1 Å². The van der Waals surface area contributed by atoms with Crippen molar-refractivity contribution in [1.29, 1.82) is 0 Å². The minimum Gasteiger partial charge on any atom is -0.474 e. The number of hydrogen-bond donors (Lipinski definition) is 1. The van der Waals surface area contributed by atoms with Gasteiger partial charge >= 0.3 is 17.5 Å². The van der Waals surface area contributed by atoms with Gasteiger partial charge in [0, 0.05) is 31.3 Å². The molecule has 184 valence electrons. The van der Waals surface area contributed by atoms with E-state index in [0.717, 1.165) is 5.56 Å². The molecular formula is C23H29N3O7S. The second-order valence-corrected chi connectivity index (χ2v) is 10.3. The van der Waals surface area contributed by atoms with E-state index in [1.165, 1.54) is 11.2 Å². The van der Waals surface area contributed by atoms with Crippen molar-refractivity contribution in [1.82, 2.24) is 14.9 Å². The van der Waals surface area contributed by atoms with Crippen LogP contribution in [-0.2, 0) is 19.7 Å². The SMILES string of the molecule is CC(C)(C)[C@@H]1C[C@H](Oc2cc(Oc3ccc(C4COS(=O)OC4)cc3)ncn2)CCN1C(=O)O. The van der Waals surface area contributed by atoms with E-state index in [2.05, 4.69) is 9.97 Å². The summed E-state index contributed by atoms with van der Waals surface area (Å²) in [5.41, 5.74) is 0.788. The van der Waals surface area contributed by atoms with E-state index in [1.54, 1.807) is 6.07 Å². The molecule has 2 aliphatic rings. The number of carbonyl (C=O) groups is 1. The zero-order valence-electron chi connectivity index (χ0n) is 19.4. The number of carboxylic acid groups (broad SMARTS) is 1. The minimum absolute atomic E-state index is 0.00951. The monoisotopic (exact) mass is 491 g/mol. The van der Waals surface area contributed by atoms with Gasteiger partial charge in [0.15, 0.2) is 0 Å². The third kappa shape index (κ3) is 6.02. The summed E-state index contributed by atoms with van der Waals surface area (Å²) in [7, 11) is 0. The van der Waals surface area contributed by atoms with Gasteiger partial charge in [-0.2, -0.15) is 4.21 Å². The van der Waals surface area contributed by atoms with Gasteiger partial charge in [-0.1, -0.05) is 32.9 Å². The Balaban J connectivity index is 1.38. The fourth-order valence-electron chi connectivity index (χ4n) is 4.18. The summed E-state index contributed by atoms with van der Waals surface area (Å²) >= 11 is -1.66. The minimum atomic E-state index is -1.66. The van der Waals surface area contributed by atoms with Crippen molar-refractivity contribution in [3.05, 3.63) is 42.2 Å². The third-order valence-electron chi connectivity index (χ3n) is 6.01. The summed E-state index contributed by atoms with van der Waals surface area (Å²) < 4.78 is 33.2. The van der Waals surface area contributed by atoms with Gasteiger partial charge in [-0.25, -0.2) is 14.8 Å². The molecular weight excluding hydrogens is 462 g/mol. The van der Waals surface area contributed by atoms with Crippen molar-refractivity contribution in [3.63, 3.8) is 0 Å². The highest BCUT2D eigenvalue weighted by Gasteiger charge is 2.39. The lowest BCUT2D eigenvalue weighted by molar-refractivity contribution is 0.0116. The van der Waals surface area contributed by atoms with Crippen molar-refractivity contribution < 1.29 is 31.9 Å². The molecule has 1 N–H and O–H groups in total. The number of aromatic nitrogens is 2. The molecule has 0 bridgehead atoms. The van der Waals surface area contributed by atoms with Crippen LogP contribution in [0.3, 0.4) is 0 Å². The highest BCUT2D eigenvalue weighted by atomic mass is 32.2. The maximum absolute atomic E-state index is 11.6. The van der Waals surface area contributed by atoms with Crippen LogP contribution in [0.15, 0.2) is 36.7 Å². The molecule has 2 fully saturated rings. The number of rotatable bonds is 5. The van der Waals surface area contributed by atoms with Crippen LogP contribution < -0.4 is 9.47 Å². The maximum Gasteiger partial charge on any atom is 0.407 e. The first kappa shape index (κ1) is 24.4. The second kappa shape index (κ2) is 10.2. The molecule has 2 aromatic rings. The quantitative estimate of drug-likeness (QED) is 0.663. The topological polar surface area (TPSA) is 120 Å². The molecule has 10 nitrogen and oxygen atoms in total. The number of nitrogens with zero attached hydrogens (tertiary/aromatic N) is 3. The first-order valence-electron chi connectivity index (χ1n) is 11.1. The Morgan fingerprint density at radius 2 is 1.82 bits per heavy atom. The van der Waals surface area contributed by atoms with E-state index in [-0.39, 0.29) is 23.5 Å². The van der Waals surface area contributed by atoms with Crippen molar-refractivity contribution in [3.8, 4) is 17.5 Å². The molecule has 1 aromatic carbocycles. The third-order valence-corrected chi connectivity index (χ3v) is 6.67. The van der Waals surface area contributed by atoms with Gasteiger partial charge in [0.05, 0.1) is 19.3 Å². The Morgan fingerprint density at radius 1 is 1.15 bits per heavy atom. The number of benzene rings is 1. The van der Waals surface area contributed by atoms with Crippen molar-refractivity contribution in [2.24, 2.45) is 5.41 Å². The normalized spacial score (nSPS) is 25.6. The summed E-state index contributed by atoms with van der Waals surface area (Å²) in [5.74, 6) is 1.33. The number of piperidine rings is 1. The Bertz CT molecular complexity index is 1020. The van der Waals surface area contributed by atoms with Gasteiger partial charge < -0.3 is 19.5 Å². The van der Waals surface area contributed by atoms with Crippen molar-refractivity contribution in [2.45, 2.75) is 51.7 Å². The zero-order valence-corrected chi connectivity index (χ0v) is 20.2. The molecule has 11 heteroatoms. The lowest BCUT2D eigenvalue weighted by Gasteiger charge is -2.44. The van der Waals surface area contributed by atoms with Crippen LogP contribution in [0.25, 0.3) is 0 Å². The van der Waals surface area contributed by atoms with Gasteiger partial charge in [0.2, 0.25) is 11.8 Å². The van der Waals surface area contributed by atoms with Gasteiger partial charge in [0.25, 0.3) is 0 Å². The fourth-order valence-corrected chi connectivity index (χ4v) is 4.80. The van der Waals surface area contributed by atoms with Crippen LogP contribution in [0.4, 0.5) is 4.79 Å². The average Bonchev–Trinajstić information content (AvgIpc) is 2.80. The van der Waals surface area contributed by atoms with Crippen LogP contribution in [-0.4, -0.2) is 62.2 Å². The van der Waals surface area contributed by atoms with E-state index < -0.39 is 17.5 Å². The van der Waals surface area contributed by atoms with E-state index in [0.29, 0.717) is 50.1 Å². The molecule has 1 aromatic heterocycles. The van der Waals surface area contributed by atoms with E-state index in [1.807, 2.05) is 45.0 Å². The zero-order chi connectivity index (χ0) is 24.3. The van der Waals surface area contributed by atoms with E-state index in [4.69, 9.17) is 17.8 Å². The number of ether oxygens (including phenoxy) is 2. The summed E-state index contributed by atoms with van der Waals surface area (Å²) in [6, 6.07) is 8.92.